The molecular formula is C73H43N5Si. The average Bonchev–Trinajstić information content (AvgIpc) is 3.04. The third-order valence-corrected chi connectivity index (χ3v) is 22.7. The van der Waals surface area contributed by atoms with Crippen LogP contribution in [0.1, 0.15) is 5.56 Å². The van der Waals surface area contributed by atoms with Crippen LogP contribution in [0.5, 0.6) is 0 Å². The summed E-state index contributed by atoms with van der Waals surface area (Å²) in [7, 11) is -2.90. The summed E-state index contributed by atoms with van der Waals surface area (Å²) >= 11 is 0. The number of para-hydroxylation sites is 7. The highest BCUT2D eigenvalue weighted by Gasteiger charge is 2.48. The summed E-state index contributed by atoms with van der Waals surface area (Å²) in [5, 5.41) is 29.4. The first-order chi connectivity index (χ1) is 39.2. The van der Waals surface area contributed by atoms with Crippen molar-refractivity contribution in [2.75, 3.05) is 0 Å². The lowest BCUT2D eigenvalue weighted by Gasteiger charge is -2.31. The fraction of sp³-hybridized carbons (Fsp3) is 0. The Balaban J connectivity index is 1.10. The molecule has 6 heterocycles. The van der Waals surface area contributed by atoms with E-state index in [1.807, 2.05) is 0 Å². The fourth-order valence-corrected chi connectivity index (χ4v) is 20.1. The summed E-state index contributed by atoms with van der Waals surface area (Å²) in [6.45, 7) is 0. The maximum absolute atomic E-state index is 12.5. The van der Waals surface area contributed by atoms with E-state index in [9.17, 15) is 5.26 Å². The van der Waals surface area contributed by atoms with Crippen LogP contribution in [0, 0.1) is 11.3 Å². The van der Waals surface area contributed by atoms with Crippen molar-refractivity contribution < 1.29 is 0 Å². The summed E-state index contributed by atoms with van der Waals surface area (Å²) in [6, 6.07) is 99.6. The van der Waals surface area contributed by atoms with E-state index < -0.39 is 8.07 Å². The first-order valence-corrected chi connectivity index (χ1v) is 29.2. The van der Waals surface area contributed by atoms with Crippen LogP contribution in [-0.2, 0) is 0 Å². The van der Waals surface area contributed by atoms with Crippen LogP contribution < -0.4 is 20.7 Å². The van der Waals surface area contributed by atoms with E-state index in [2.05, 4.69) is 285 Å². The molecule has 1 aliphatic rings. The van der Waals surface area contributed by atoms with E-state index in [1.165, 1.54) is 42.6 Å². The van der Waals surface area contributed by atoms with Gasteiger partial charge in [0.25, 0.3) is 0 Å². The van der Waals surface area contributed by atoms with E-state index >= 15 is 0 Å². The van der Waals surface area contributed by atoms with Crippen molar-refractivity contribution >= 4 is 132 Å². The Bertz CT molecular complexity index is 5380. The smallest absolute Gasteiger partial charge is 0.180 e. The molecule has 18 rings (SSSR count). The molecule has 1 aliphatic heterocycles. The molecule has 0 unspecified atom stereocenters. The Morgan fingerprint density at radius 3 is 1.24 bits per heavy atom. The Kier molecular flexibility index (Phi) is 8.43. The van der Waals surface area contributed by atoms with Gasteiger partial charge in [0.15, 0.2) is 8.07 Å². The number of aromatic nitrogens is 4. The van der Waals surface area contributed by atoms with Crippen LogP contribution in [0.2, 0.25) is 0 Å². The van der Waals surface area contributed by atoms with Gasteiger partial charge >= 0.3 is 0 Å². The van der Waals surface area contributed by atoms with Gasteiger partial charge in [-0.05, 0) is 74.3 Å². The second kappa shape index (κ2) is 15.6. The SMILES string of the molecule is N#Cc1c(-n2c3ccccc3c3ccccc32)c(-n2c3ccccc3c3cc([Si]4(c5ccccc5)c5ccccc5-c5ccccc54)ccc32)c(-n2c3ccccc3c3ccccc32)c2c3cccc4c5ccccc5n(c12)c43. The molecule has 17 aromatic rings. The second-order valence-electron chi connectivity index (χ2n) is 21.3. The van der Waals surface area contributed by atoms with Gasteiger partial charge in [-0.2, -0.15) is 5.26 Å². The molecule has 0 atom stereocenters. The quantitative estimate of drug-likeness (QED) is 0.158. The lowest BCUT2D eigenvalue weighted by Crippen LogP contribution is -2.72. The molecular weight excluding hydrogens is 975 g/mol. The summed E-state index contributed by atoms with van der Waals surface area (Å²) in [5.41, 5.74) is 15.5. The third kappa shape index (κ3) is 5.28. The van der Waals surface area contributed by atoms with Crippen LogP contribution in [-0.4, -0.2) is 26.2 Å². The molecule has 364 valence electrons. The van der Waals surface area contributed by atoms with Gasteiger partial charge in [0.2, 0.25) is 0 Å². The molecule has 0 fully saturated rings. The number of nitriles is 1. The zero-order valence-electron chi connectivity index (χ0n) is 42.6. The minimum atomic E-state index is -2.90. The van der Waals surface area contributed by atoms with Crippen molar-refractivity contribution in [3.63, 3.8) is 0 Å². The van der Waals surface area contributed by atoms with Crippen LogP contribution in [0.4, 0.5) is 0 Å². The van der Waals surface area contributed by atoms with Crippen molar-refractivity contribution in [1.82, 2.24) is 18.1 Å². The van der Waals surface area contributed by atoms with E-state index in [-0.39, 0.29) is 0 Å². The largest absolute Gasteiger partial charge is 0.306 e. The molecule has 5 aromatic heterocycles. The molecule has 0 spiro atoms. The molecule has 0 saturated carbocycles. The van der Waals surface area contributed by atoms with E-state index in [0.29, 0.717) is 5.56 Å². The van der Waals surface area contributed by atoms with Gasteiger partial charge in [-0.25, -0.2) is 0 Å². The number of hydrogen-bond acceptors (Lipinski definition) is 1. The van der Waals surface area contributed by atoms with E-state index in [0.717, 1.165) is 110 Å². The van der Waals surface area contributed by atoms with Gasteiger partial charge in [0.1, 0.15) is 11.6 Å². The summed E-state index contributed by atoms with van der Waals surface area (Å²) < 4.78 is 9.90. The molecule has 6 heteroatoms. The van der Waals surface area contributed by atoms with Gasteiger partial charge in [-0.3, -0.25) is 0 Å². The summed E-state index contributed by atoms with van der Waals surface area (Å²) in [6.07, 6.45) is 0. The second-order valence-corrected chi connectivity index (χ2v) is 25.1. The Morgan fingerprint density at radius 1 is 0.291 bits per heavy atom. The van der Waals surface area contributed by atoms with Crippen molar-refractivity contribution in [3.8, 4) is 34.3 Å². The first kappa shape index (κ1) is 42.7. The monoisotopic (exact) mass is 1020 g/mol. The molecule has 5 nitrogen and oxygen atoms in total. The predicted molar refractivity (Wildman–Crippen MR) is 331 cm³/mol. The number of rotatable bonds is 5. The molecule has 0 saturated heterocycles. The highest BCUT2D eigenvalue weighted by Crippen LogP contribution is 2.51. The molecule has 0 bridgehead atoms. The van der Waals surface area contributed by atoms with Gasteiger partial charge in [0.05, 0.1) is 66.7 Å². The molecule has 12 aromatic carbocycles. The van der Waals surface area contributed by atoms with Crippen molar-refractivity contribution in [2.45, 2.75) is 0 Å². The Hall–Kier alpha value is -10.5. The maximum Gasteiger partial charge on any atom is 0.180 e. The minimum Gasteiger partial charge on any atom is -0.306 e. The topological polar surface area (TPSA) is 43.0 Å². The molecule has 0 amide bonds. The summed E-state index contributed by atoms with van der Waals surface area (Å²) in [4.78, 5) is 0. The van der Waals surface area contributed by atoms with Gasteiger partial charge < -0.3 is 18.1 Å². The lowest BCUT2D eigenvalue weighted by atomic mass is 9.99. The molecule has 0 aliphatic carbocycles. The molecule has 0 radical (unpaired) electrons. The average molecular weight is 1020 g/mol. The summed E-state index contributed by atoms with van der Waals surface area (Å²) in [5.74, 6) is 0. The van der Waals surface area contributed by atoms with Crippen molar-refractivity contribution in [3.05, 3.63) is 266 Å². The Labute approximate surface area is 453 Å². The molecule has 79 heavy (non-hydrogen) atoms. The highest BCUT2D eigenvalue weighted by molar-refractivity contribution is 7.22. The number of benzene rings is 12. The fourth-order valence-electron chi connectivity index (χ4n) is 14.9. The van der Waals surface area contributed by atoms with Crippen LogP contribution >= 0.6 is 0 Å². The highest BCUT2D eigenvalue weighted by atomic mass is 28.3. The van der Waals surface area contributed by atoms with Gasteiger partial charge in [0, 0.05) is 53.9 Å². The van der Waals surface area contributed by atoms with Crippen LogP contribution in [0.25, 0.3) is 132 Å². The lowest BCUT2D eigenvalue weighted by molar-refractivity contribution is 1.06. The van der Waals surface area contributed by atoms with Gasteiger partial charge in [-0.1, -0.05) is 218 Å². The van der Waals surface area contributed by atoms with Gasteiger partial charge in [-0.15, -0.1) is 0 Å². The third-order valence-electron chi connectivity index (χ3n) is 17.8. The van der Waals surface area contributed by atoms with Crippen LogP contribution in [0.3, 0.4) is 0 Å². The van der Waals surface area contributed by atoms with Crippen molar-refractivity contribution in [1.29, 1.82) is 5.26 Å². The number of nitrogens with zero attached hydrogens (tertiary/aromatic N) is 5. The molecule has 0 N–H and O–H groups in total. The van der Waals surface area contributed by atoms with E-state index in [1.54, 1.807) is 0 Å². The standard InChI is InChI=1S/C73H43N5Si/c74-44-58-70-68(56-32-20-31-55-51-27-8-17-38-64(51)78(70)69(55)56)72(76-61-35-14-6-25-49(61)50-26-7-15-36-62(50)76)73(71(58)75-59-33-12-4-23-47(59)48-24-5-13-34-60(48)75)77-63-37-16-9-28-52(63)57-43-46(41-42-65(57)77)79(45-21-2-1-3-22-45)66-39-18-10-29-53(66)54-30-11-19-40-67(54)79/h1-43H. The minimum absolute atomic E-state index is 0.608. The Morgan fingerprint density at radius 2 is 0.696 bits per heavy atom. The first-order valence-electron chi connectivity index (χ1n) is 27.2. The zero-order chi connectivity index (χ0) is 51.7. The maximum atomic E-state index is 12.5. The van der Waals surface area contributed by atoms with Crippen molar-refractivity contribution in [2.24, 2.45) is 0 Å². The predicted octanol–water partition coefficient (Wildman–Crippen LogP) is 15.4. The zero-order valence-corrected chi connectivity index (χ0v) is 43.6. The normalized spacial score (nSPS) is 13.2. The van der Waals surface area contributed by atoms with Crippen LogP contribution in [0.15, 0.2) is 261 Å². The van der Waals surface area contributed by atoms with E-state index in [4.69, 9.17) is 0 Å². The number of fused-ring (bicyclic) bond motifs is 18. The number of hydrogen-bond donors (Lipinski definition) is 0.